The summed E-state index contributed by atoms with van der Waals surface area (Å²) in [4.78, 5) is 10.4. The van der Waals surface area contributed by atoms with Crippen LogP contribution in [0, 0.1) is 0 Å². The van der Waals surface area contributed by atoms with Gasteiger partial charge < -0.3 is 10.1 Å². The van der Waals surface area contributed by atoms with Crippen LogP contribution in [0.3, 0.4) is 0 Å². The fourth-order valence-electron chi connectivity index (χ4n) is 0.824. The van der Waals surface area contributed by atoms with Gasteiger partial charge in [-0.25, -0.2) is 0 Å². The number of carbonyl (C=O) groups is 1. The van der Waals surface area contributed by atoms with E-state index in [4.69, 9.17) is 4.74 Å². The second-order valence-electron chi connectivity index (χ2n) is 1.95. The third-order valence-electron chi connectivity index (χ3n) is 1.34. The third kappa shape index (κ3) is 0.591. The van der Waals surface area contributed by atoms with E-state index < -0.39 is 0 Å². The molecule has 0 aromatic rings. The zero-order valence-corrected chi connectivity index (χ0v) is 4.97. The molecule has 0 radical (unpaired) electrons. The number of ether oxygens (including phenoxy) is 1. The highest BCUT2D eigenvalue weighted by molar-refractivity contribution is 5.87. The molecule has 1 aliphatic rings. The summed E-state index contributed by atoms with van der Waals surface area (Å²) >= 11 is 0. The lowest BCUT2D eigenvalue weighted by molar-refractivity contribution is -0.144. The maximum absolute atomic E-state index is 10.4. The highest BCUT2D eigenvalue weighted by Gasteiger charge is 2.35. The first-order valence-electron chi connectivity index (χ1n) is 2.59. The van der Waals surface area contributed by atoms with Crippen molar-refractivity contribution in [3.8, 4) is 0 Å². The van der Waals surface area contributed by atoms with Gasteiger partial charge in [0.15, 0.2) is 6.10 Å². The van der Waals surface area contributed by atoms with Crippen LogP contribution in [0.15, 0.2) is 0 Å². The van der Waals surface area contributed by atoms with Crippen molar-refractivity contribution in [3.05, 3.63) is 0 Å². The van der Waals surface area contributed by atoms with E-state index >= 15 is 0 Å². The molecule has 1 fully saturated rings. The summed E-state index contributed by atoms with van der Waals surface area (Å²) in [6.45, 7) is 1.91. The summed E-state index contributed by atoms with van der Waals surface area (Å²) in [5.41, 5.74) is 0. The van der Waals surface area contributed by atoms with Crippen molar-refractivity contribution in [2.45, 2.75) is 19.1 Å². The van der Waals surface area contributed by atoms with Crippen LogP contribution in [-0.4, -0.2) is 25.2 Å². The summed E-state index contributed by atoms with van der Waals surface area (Å²) in [5.74, 6) is 0.000000000000000222. The molecule has 2 atom stereocenters. The smallest absolute Gasteiger partial charge is 0.251 e. The zero-order chi connectivity index (χ0) is 6.15. The van der Waals surface area contributed by atoms with Crippen molar-refractivity contribution >= 4 is 5.91 Å². The molecular weight excluding hydrogens is 106 g/mol. The number of hydrogen-bond donors (Lipinski definition) is 1. The molecule has 3 nitrogen and oxygen atoms in total. The van der Waals surface area contributed by atoms with Crippen molar-refractivity contribution in [1.82, 2.24) is 5.32 Å². The lowest BCUT2D eigenvalue weighted by Crippen LogP contribution is -2.61. The molecule has 0 bridgehead atoms. The van der Waals surface area contributed by atoms with Crippen molar-refractivity contribution in [1.29, 1.82) is 0 Å². The predicted molar refractivity (Wildman–Crippen MR) is 28.4 cm³/mol. The molecule has 0 saturated carbocycles. The monoisotopic (exact) mass is 115 g/mol. The SMILES string of the molecule is CO[C@@H]1C(=O)N[C@H]1C. The third-order valence-corrected chi connectivity index (χ3v) is 1.34. The Balaban J connectivity index is 2.40. The van der Waals surface area contributed by atoms with Gasteiger partial charge in [-0.1, -0.05) is 0 Å². The molecule has 0 unspecified atom stereocenters. The standard InChI is InChI=1S/C5H9NO2/c1-3-4(8-2)5(7)6-3/h3-4H,1-2H3,(H,6,7)/t3-,4-/m0/s1. The van der Waals surface area contributed by atoms with Crippen LogP contribution < -0.4 is 5.32 Å². The second kappa shape index (κ2) is 1.74. The van der Waals surface area contributed by atoms with Crippen LogP contribution in [0.5, 0.6) is 0 Å². The van der Waals surface area contributed by atoms with E-state index in [1.165, 1.54) is 0 Å². The molecule has 0 aromatic heterocycles. The van der Waals surface area contributed by atoms with Crippen LogP contribution in [0.4, 0.5) is 0 Å². The highest BCUT2D eigenvalue weighted by Crippen LogP contribution is 2.07. The first kappa shape index (κ1) is 5.56. The highest BCUT2D eigenvalue weighted by atomic mass is 16.5. The number of hydrogen-bond acceptors (Lipinski definition) is 2. The van der Waals surface area contributed by atoms with Crippen LogP contribution in [0.2, 0.25) is 0 Å². The summed E-state index contributed by atoms with van der Waals surface area (Å²) in [7, 11) is 1.54. The Morgan fingerprint density at radius 2 is 2.38 bits per heavy atom. The average molecular weight is 115 g/mol. The largest absolute Gasteiger partial charge is 0.369 e. The molecule has 1 saturated heterocycles. The van der Waals surface area contributed by atoms with E-state index in [0.29, 0.717) is 0 Å². The number of rotatable bonds is 1. The number of amides is 1. The zero-order valence-electron chi connectivity index (χ0n) is 4.97. The summed E-state index contributed by atoms with van der Waals surface area (Å²) in [5, 5.41) is 2.64. The summed E-state index contributed by atoms with van der Waals surface area (Å²) in [6.07, 6.45) is -0.199. The Kier molecular flexibility index (Phi) is 1.21. The van der Waals surface area contributed by atoms with Gasteiger partial charge in [0.2, 0.25) is 0 Å². The average Bonchev–Trinajstić information content (AvgIpc) is 1.67. The molecule has 0 aromatic carbocycles. The van der Waals surface area contributed by atoms with E-state index in [2.05, 4.69) is 5.32 Å². The van der Waals surface area contributed by atoms with E-state index in [9.17, 15) is 4.79 Å². The molecular formula is C5H9NO2. The van der Waals surface area contributed by atoms with Gasteiger partial charge in [-0.2, -0.15) is 0 Å². The Hall–Kier alpha value is -0.570. The predicted octanol–water partition coefficient (Wildman–Crippen LogP) is -0.480. The van der Waals surface area contributed by atoms with Gasteiger partial charge in [-0.3, -0.25) is 4.79 Å². The van der Waals surface area contributed by atoms with Gasteiger partial charge in [0, 0.05) is 7.11 Å². The molecule has 46 valence electrons. The van der Waals surface area contributed by atoms with Crippen LogP contribution in [0.25, 0.3) is 0 Å². The lowest BCUT2D eigenvalue weighted by atomic mass is 10.1. The molecule has 1 aliphatic heterocycles. The van der Waals surface area contributed by atoms with Crippen LogP contribution >= 0.6 is 0 Å². The Labute approximate surface area is 48.0 Å². The molecule has 0 spiro atoms. The van der Waals surface area contributed by atoms with Gasteiger partial charge in [-0.15, -0.1) is 0 Å². The first-order chi connectivity index (χ1) is 3.75. The second-order valence-corrected chi connectivity index (χ2v) is 1.95. The van der Waals surface area contributed by atoms with Gasteiger partial charge in [-0.05, 0) is 6.92 Å². The topological polar surface area (TPSA) is 38.3 Å². The van der Waals surface area contributed by atoms with Gasteiger partial charge in [0.25, 0.3) is 5.91 Å². The van der Waals surface area contributed by atoms with Crippen LogP contribution in [0.1, 0.15) is 6.92 Å². The maximum Gasteiger partial charge on any atom is 0.251 e. The molecule has 1 amide bonds. The van der Waals surface area contributed by atoms with E-state index in [1.54, 1.807) is 7.11 Å². The normalized spacial score (nSPS) is 36.0. The fraction of sp³-hybridized carbons (Fsp3) is 0.800. The summed E-state index contributed by atoms with van der Waals surface area (Å²) in [6, 6.07) is 0.201. The maximum atomic E-state index is 10.4. The van der Waals surface area contributed by atoms with Crippen molar-refractivity contribution in [2.24, 2.45) is 0 Å². The quantitative estimate of drug-likeness (QED) is 0.469. The fourth-order valence-corrected chi connectivity index (χ4v) is 0.824. The van der Waals surface area contributed by atoms with Crippen molar-refractivity contribution in [3.63, 3.8) is 0 Å². The van der Waals surface area contributed by atoms with Gasteiger partial charge >= 0.3 is 0 Å². The number of methoxy groups -OCH3 is 1. The molecule has 1 rings (SSSR count). The molecule has 1 heterocycles. The summed E-state index contributed by atoms with van der Waals surface area (Å²) < 4.78 is 4.80. The Morgan fingerprint density at radius 1 is 1.75 bits per heavy atom. The van der Waals surface area contributed by atoms with E-state index in [1.807, 2.05) is 6.92 Å². The number of β-lactam (4-membered cyclic amide) rings is 1. The molecule has 3 heteroatoms. The Morgan fingerprint density at radius 3 is 2.50 bits per heavy atom. The molecule has 1 N–H and O–H groups in total. The van der Waals surface area contributed by atoms with Crippen LogP contribution in [-0.2, 0) is 9.53 Å². The van der Waals surface area contributed by atoms with Crippen molar-refractivity contribution < 1.29 is 9.53 Å². The molecule has 8 heavy (non-hydrogen) atoms. The Bertz CT molecular complexity index is 113. The van der Waals surface area contributed by atoms with Crippen molar-refractivity contribution in [2.75, 3.05) is 7.11 Å². The minimum absolute atomic E-state index is 0.000000000000000222. The minimum atomic E-state index is -0.199. The van der Waals surface area contributed by atoms with E-state index in [0.717, 1.165) is 0 Å². The first-order valence-corrected chi connectivity index (χ1v) is 2.59. The van der Waals surface area contributed by atoms with Gasteiger partial charge in [0.05, 0.1) is 6.04 Å². The molecule has 0 aliphatic carbocycles. The van der Waals surface area contributed by atoms with Gasteiger partial charge in [0.1, 0.15) is 0 Å². The number of nitrogens with one attached hydrogen (secondary N) is 1. The lowest BCUT2D eigenvalue weighted by Gasteiger charge is -2.32. The minimum Gasteiger partial charge on any atom is -0.369 e. The van der Waals surface area contributed by atoms with E-state index in [-0.39, 0.29) is 18.1 Å². The number of carbonyl (C=O) groups excluding carboxylic acids is 1.